The maximum atomic E-state index is 4.56. The Morgan fingerprint density at radius 1 is 1.18 bits per heavy atom. The molecule has 6 heteroatoms. The molecule has 1 aromatic heterocycles. The van der Waals surface area contributed by atoms with E-state index >= 15 is 0 Å². The number of aliphatic imine (C=N–C) groups is 1. The first kappa shape index (κ1) is 13.5. The number of hydrogen-bond acceptors (Lipinski definition) is 3. The van der Waals surface area contributed by atoms with Crippen LogP contribution in [0.5, 0.6) is 0 Å². The molecular weight excluding hydrogens is 216 g/mol. The monoisotopic (exact) mass is 238 g/mol. The Morgan fingerprint density at radius 3 is 2.41 bits per heavy atom. The second-order valence-electron chi connectivity index (χ2n) is 4.34. The standard InChI is InChI=1S/C11H22N6/c1-15(2)11(16(3)4)12-7-5-6-9-17-10-8-13-14-17/h8,10H,5-7,9H2,1-4H3. The molecule has 0 saturated carbocycles. The Bertz CT molecular complexity index is 318. The molecule has 0 aromatic carbocycles. The van der Waals surface area contributed by atoms with E-state index in [9.17, 15) is 0 Å². The molecular formula is C11H22N6. The zero-order valence-electron chi connectivity index (χ0n) is 11.2. The molecule has 0 radical (unpaired) electrons. The second-order valence-corrected chi connectivity index (χ2v) is 4.34. The molecule has 1 aromatic rings. The Hall–Kier alpha value is -1.59. The maximum Gasteiger partial charge on any atom is 0.195 e. The Kier molecular flexibility index (Phi) is 5.45. The normalized spacial score (nSPS) is 10.1. The van der Waals surface area contributed by atoms with Gasteiger partial charge in [-0.15, -0.1) is 5.10 Å². The number of nitrogens with zero attached hydrogens (tertiary/aromatic N) is 6. The van der Waals surface area contributed by atoms with E-state index in [1.54, 1.807) is 6.20 Å². The molecule has 0 aliphatic heterocycles. The predicted octanol–water partition coefficient (Wildman–Crippen LogP) is 0.538. The molecule has 0 fully saturated rings. The summed E-state index contributed by atoms with van der Waals surface area (Å²) >= 11 is 0. The van der Waals surface area contributed by atoms with Crippen LogP contribution in [0.3, 0.4) is 0 Å². The summed E-state index contributed by atoms with van der Waals surface area (Å²) in [6.45, 7) is 1.76. The summed E-state index contributed by atoms with van der Waals surface area (Å²) in [6.07, 6.45) is 5.72. The quantitative estimate of drug-likeness (QED) is 0.427. The number of unbranched alkanes of at least 4 members (excludes halogenated alkanes) is 1. The van der Waals surface area contributed by atoms with Gasteiger partial charge in [-0.25, -0.2) is 0 Å². The summed E-state index contributed by atoms with van der Waals surface area (Å²) in [7, 11) is 8.03. The topological polar surface area (TPSA) is 49.6 Å². The lowest BCUT2D eigenvalue weighted by molar-refractivity contribution is 0.476. The fourth-order valence-electron chi connectivity index (χ4n) is 1.60. The minimum atomic E-state index is 0.848. The zero-order chi connectivity index (χ0) is 12.7. The summed E-state index contributed by atoms with van der Waals surface area (Å²) in [4.78, 5) is 8.62. The summed E-state index contributed by atoms with van der Waals surface area (Å²) in [6, 6.07) is 0. The molecule has 0 bridgehead atoms. The average Bonchev–Trinajstić information content (AvgIpc) is 2.74. The van der Waals surface area contributed by atoms with Crippen molar-refractivity contribution in [1.29, 1.82) is 0 Å². The van der Waals surface area contributed by atoms with Gasteiger partial charge in [-0.3, -0.25) is 9.67 Å². The molecule has 6 nitrogen and oxygen atoms in total. The van der Waals surface area contributed by atoms with E-state index in [4.69, 9.17) is 0 Å². The summed E-state index contributed by atoms with van der Waals surface area (Å²) in [5.74, 6) is 1.01. The van der Waals surface area contributed by atoms with Gasteiger partial charge in [-0.2, -0.15) is 0 Å². The Labute approximate surface area is 103 Å². The van der Waals surface area contributed by atoms with Crippen molar-refractivity contribution in [3.63, 3.8) is 0 Å². The Morgan fingerprint density at radius 2 is 1.88 bits per heavy atom. The van der Waals surface area contributed by atoms with Gasteiger partial charge in [0.1, 0.15) is 0 Å². The van der Waals surface area contributed by atoms with Crippen molar-refractivity contribution in [2.24, 2.45) is 4.99 Å². The molecule has 1 rings (SSSR count). The SMILES string of the molecule is CN(C)C(=NCCCCn1ccnn1)N(C)C. The van der Waals surface area contributed by atoms with Crippen LogP contribution >= 0.6 is 0 Å². The summed E-state index contributed by atoms with van der Waals surface area (Å²) < 4.78 is 1.85. The molecule has 0 aliphatic rings. The van der Waals surface area contributed by atoms with Gasteiger partial charge >= 0.3 is 0 Å². The van der Waals surface area contributed by atoms with Crippen LogP contribution < -0.4 is 0 Å². The van der Waals surface area contributed by atoms with Crippen LogP contribution in [0.1, 0.15) is 12.8 Å². The zero-order valence-corrected chi connectivity index (χ0v) is 11.2. The van der Waals surface area contributed by atoms with Gasteiger partial charge in [0.15, 0.2) is 5.96 Å². The molecule has 17 heavy (non-hydrogen) atoms. The van der Waals surface area contributed by atoms with Crippen LogP contribution in [-0.2, 0) is 6.54 Å². The number of aryl methyl sites for hydroxylation is 1. The van der Waals surface area contributed by atoms with Gasteiger partial charge in [-0.05, 0) is 12.8 Å². The maximum absolute atomic E-state index is 4.56. The molecule has 1 heterocycles. The highest BCUT2D eigenvalue weighted by atomic mass is 15.4. The smallest absolute Gasteiger partial charge is 0.195 e. The van der Waals surface area contributed by atoms with E-state index in [1.807, 2.05) is 48.9 Å². The number of guanidine groups is 1. The third-order valence-corrected chi connectivity index (χ3v) is 2.32. The van der Waals surface area contributed by atoms with Crippen LogP contribution in [0, 0.1) is 0 Å². The lowest BCUT2D eigenvalue weighted by Crippen LogP contribution is -2.35. The van der Waals surface area contributed by atoms with Crippen LogP contribution in [0.15, 0.2) is 17.4 Å². The average molecular weight is 238 g/mol. The molecule has 0 spiro atoms. The largest absolute Gasteiger partial charge is 0.349 e. The van der Waals surface area contributed by atoms with E-state index < -0.39 is 0 Å². The number of hydrogen-bond donors (Lipinski definition) is 0. The van der Waals surface area contributed by atoms with Crippen LogP contribution in [0.4, 0.5) is 0 Å². The van der Waals surface area contributed by atoms with Gasteiger partial charge in [0.2, 0.25) is 0 Å². The third kappa shape index (κ3) is 4.84. The van der Waals surface area contributed by atoms with E-state index in [1.165, 1.54) is 0 Å². The minimum absolute atomic E-state index is 0.848. The minimum Gasteiger partial charge on any atom is -0.349 e. The van der Waals surface area contributed by atoms with Gasteiger partial charge in [-0.1, -0.05) is 5.21 Å². The molecule has 0 N–H and O–H groups in total. The predicted molar refractivity (Wildman–Crippen MR) is 68.9 cm³/mol. The van der Waals surface area contributed by atoms with Crippen molar-refractivity contribution >= 4 is 5.96 Å². The summed E-state index contributed by atoms with van der Waals surface area (Å²) in [5, 5.41) is 7.69. The highest BCUT2D eigenvalue weighted by molar-refractivity contribution is 5.79. The van der Waals surface area contributed by atoms with Gasteiger partial charge in [0.05, 0.1) is 6.20 Å². The van der Waals surface area contributed by atoms with E-state index in [0.29, 0.717) is 0 Å². The Balaban J connectivity index is 2.24. The van der Waals surface area contributed by atoms with Crippen LogP contribution in [0.25, 0.3) is 0 Å². The molecule has 0 unspecified atom stereocenters. The molecule has 0 atom stereocenters. The van der Waals surface area contributed by atoms with Gasteiger partial charge in [0, 0.05) is 47.5 Å². The molecule has 0 aliphatic carbocycles. The fourth-order valence-corrected chi connectivity index (χ4v) is 1.60. The van der Waals surface area contributed by atoms with Crippen molar-refractivity contribution < 1.29 is 0 Å². The summed E-state index contributed by atoms with van der Waals surface area (Å²) in [5.41, 5.74) is 0. The van der Waals surface area contributed by atoms with Crippen LogP contribution in [-0.4, -0.2) is 65.5 Å². The second kappa shape index (κ2) is 6.88. The van der Waals surface area contributed by atoms with Crippen molar-refractivity contribution in [1.82, 2.24) is 24.8 Å². The first-order valence-corrected chi connectivity index (χ1v) is 5.84. The first-order chi connectivity index (χ1) is 8.11. The highest BCUT2D eigenvalue weighted by Crippen LogP contribution is 1.96. The lowest BCUT2D eigenvalue weighted by Gasteiger charge is -2.22. The van der Waals surface area contributed by atoms with Gasteiger partial charge < -0.3 is 9.80 Å². The van der Waals surface area contributed by atoms with E-state index in [2.05, 4.69) is 15.3 Å². The molecule has 0 saturated heterocycles. The number of aromatic nitrogens is 3. The van der Waals surface area contributed by atoms with Crippen molar-refractivity contribution in [2.45, 2.75) is 19.4 Å². The third-order valence-electron chi connectivity index (χ3n) is 2.32. The highest BCUT2D eigenvalue weighted by Gasteiger charge is 2.02. The van der Waals surface area contributed by atoms with Gasteiger partial charge in [0.25, 0.3) is 0 Å². The molecule has 0 amide bonds. The van der Waals surface area contributed by atoms with Crippen molar-refractivity contribution in [3.05, 3.63) is 12.4 Å². The van der Waals surface area contributed by atoms with Crippen LogP contribution in [0.2, 0.25) is 0 Å². The van der Waals surface area contributed by atoms with E-state index in [-0.39, 0.29) is 0 Å². The van der Waals surface area contributed by atoms with E-state index in [0.717, 1.165) is 31.9 Å². The lowest BCUT2D eigenvalue weighted by atomic mass is 10.3. The first-order valence-electron chi connectivity index (χ1n) is 5.84. The number of rotatable bonds is 5. The molecule has 96 valence electrons. The van der Waals surface area contributed by atoms with Crippen molar-refractivity contribution in [2.75, 3.05) is 34.7 Å². The fraction of sp³-hybridized carbons (Fsp3) is 0.727. The van der Waals surface area contributed by atoms with Crippen molar-refractivity contribution in [3.8, 4) is 0 Å².